The standard InChI is InChI=1S/C19H23N3O3S/c1-2-3-5-14-7-9-15(10-8-14)22-18(24)13-20-17(23)12-21-19(25)16-6-4-11-26-16/h4,6-11H,2-3,5,12-13H2,1H3,(H,20,23)(H,21,25)(H,22,24). The van der Waals surface area contributed by atoms with Crippen LogP contribution in [0.4, 0.5) is 5.69 Å². The van der Waals surface area contributed by atoms with Crippen LogP contribution in [0.2, 0.25) is 0 Å². The lowest BCUT2D eigenvalue weighted by molar-refractivity contribution is -0.123. The van der Waals surface area contributed by atoms with E-state index in [4.69, 9.17) is 0 Å². The Balaban J connectivity index is 1.67. The summed E-state index contributed by atoms with van der Waals surface area (Å²) < 4.78 is 0. The van der Waals surface area contributed by atoms with Crippen molar-refractivity contribution in [1.82, 2.24) is 10.6 Å². The Morgan fingerprint density at radius 1 is 0.962 bits per heavy atom. The predicted octanol–water partition coefficient (Wildman–Crippen LogP) is 2.58. The number of hydrogen-bond acceptors (Lipinski definition) is 4. The SMILES string of the molecule is CCCCc1ccc(NC(=O)CNC(=O)CNC(=O)c2cccs2)cc1. The van der Waals surface area contributed by atoms with Crippen molar-refractivity contribution in [3.63, 3.8) is 0 Å². The molecule has 0 saturated carbocycles. The molecule has 2 rings (SSSR count). The van der Waals surface area contributed by atoms with Crippen molar-refractivity contribution >= 4 is 34.7 Å². The number of benzene rings is 1. The number of aryl methyl sites for hydroxylation is 1. The molecule has 138 valence electrons. The molecule has 0 aliphatic rings. The molecule has 3 N–H and O–H groups in total. The quantitative estimate of drug-likeness (QED) is 0.631. The van der Waals surface area contributed by atoms with E-state index >= 15 is 0 Å². The van der Waals surface area contributed by atoms with Crippen molar-refractivity contribution in [2.24, 2.45) is 0 Å². The summed E-state index contributed by atoms with van der Waals surface area (Å²) in [6.07, 6.45) is 3.31. The predicted molar refractivity (Wildman–Crippen MR) is 103 cm³/mol. The maximum atomic E-state index is 11.9. The Morgan fingerprint density at radius 3 is 2.35 bits per heavy atom. The first-order valence-corrected chi connectivity index (χ1v) is 9.43. The van der Waals surface area contributed by atoms with Crippen LogP contribution in [0.15, 0.2) is 41.8 Å². The van der Waals surface area contributed by atoms with Crippen molar-refractivity contribution < 1.29 is 14.4 Å². The monoisotopic (exact) mass is 373 g/mol. The summed E-state index contributed by atoms with van der Waals surface area (Å²) in [5.41, 5.74) is 1.93. The van der Waals surface area contributed by atoms with E-state index in [1.54, 1.807) is 17.5 Å². The Bertz CT molecular complexity index is 727. The van der Waals surface area contributed by atoms with E-state index in [-0.39, 0.29) is 24.9 Å². The van der Waals surface area contributed by atoms with Gasteiger partial charge in [-0.05, 0) is 42.0 Å². The number of amides is 3. The van der Waals surface area contributed by atoms with Crippen molar-refractivity contribution in [3.05, 3.63) is 52.2 Å². The lowest BCUT2D eigenvalue weighted by Crippen LogP contribution is -2.40. The molecule has 7 heteroatoms. The summed E-state index contributed by atoms with van der Waals surface area (Å²) in [4.78, 5) is 35.9. The van der Waals surface area contributed by atoms with Gasteiger partial charge >= 0.3 is 0 Å². The Morgan fingerprint density at radius 2 is 1.69 bits per heavy atom. The van der Waals surface area contributed by atoms with Crippen LogP contribution in [0.3, 0.4) is 0 Å². The molecule has 0 fully saturated rings. The summed E-state index contributed by atoms with van der Waals surface area (Å²) in [5.74, 6) is -1.04. The highest BCUT2D eigenvalue weighted by Gasteiger charge is 2.10. The highest BCUT2D eigenvalue weighted by Crippen LogP contribution is 2.11. The van der Waals surface area contributed by atoms with Crippen LogP contribution < -0.4 is 16.0 Å². The zero-order valence-electron chi connectivity index (χ0n) is 14.7. The first-order valence-electron chi connectivity index (χ1n) is 8.55. The molecule has 0 radical (unpaired) electrons. The van der Waals surface area contributed by atoms with Gasteiger partial charge in [0.15, 0.2) is 0 Å². The molecule has 2 aromatic rings. The van der Waals surface area contributed by atoms with Gasteiger partial charge < -0.3 is 16.0 Å². The lowest BCUT2D eigenvalue weighted by Gasteiger charge is -2.08. The Hall–Kier alpha value is -2.67. The molecular formula is C19H23N3O3S. The van der Waals surface area contributed by atoms with Crippen LogP contribution >= 0.6 is 11.3 Å². The van der Waals surface area contributed by atoms with Gasteiger partial charge in [0.05, 0.1) is 18.0 Å². The normalized spacial score (nSPS) is 10.2. The minimum atomic E-state index is -0.417. The minimum Gasteiger partial charge on any atom is -0.345 e. The molecule has 6 nitrogen and oxygen atoms in total. The number of thiophene rings is 1. The molecule has 0 saturated heterocycles. The fraction of sp³-hybridized carbons (Fsp3) is 0.316. The van der Waals surface area contributed by atoms with Gasteiger partial charge in [-0.3, -0.25) is 14.4 Å². The van der Waals surface area contributed by atoms with Crippen molar-refractivity contribution in [2.75, 3.05) is 18.4 Å². The molecule has 0 aliphatic heterocycles. The van der Waals surface area contributed by atoms with Gasteiger partial charge in [0.2, 0.25) is 11.8 Å². The lowest BCUT2D eigenvalue weighted by atomic mass is 10.1. The van der Waals surface area contributed by atoms with Crippen LogP contribution in [0.5, 0.6) is 0 Å². The highest BCUT2D eigenvalue weighted by molar-refractivity contribution is 7.12. The topological polar surface area (TPSA) is 87.3 Å². The van der Waals surface area contributed by atoms with E-state index in [2.05, 4.69) is 22.9 Å². The van der Waals surface area contributed by atoms with Crippen molar-refractivity contribution in [3.8, 4) is 0 Å². The van der Waals surface area contributed by atoms with Crippen LogP contribution in [0.25, 0.3) is 0 Å². The third-order valence-corrected chi connectivity index (χ3v) is 4.53. The molecule has 1 heterocycles. The molecule has 0 atom stereocenters. The molecule has 1 aromatic carbocycles. The average molecular weight is 373 g/mol. The highest BCUT2D eigenvalue weighted by atomic mass is 32.1. The van der Waals surface area contributed by atoms with E-state index < -0.39 is 5.91 Å². The van der Waals surface area contributed by atoms with Gasteiger partial charge in [-0.25, -0.2) is 0 Å². The van der Waals surface area contributed by atoms with Crippen LogP contribution in [-0.2, 0) is 16.0 Å². The van der Waals surface area contributed by atoms with E-state index in [1.807, 2.05) is 24.3 Å². The first-order chi connectivity index (χ1) is 12.6. The van der Waals surface area contributed by atoms with E-state index in [0.29, 0.717) is 10.6 Å². The van der Waals surface area contributed by atoms with Gasteiger partial charge in [-0.2, -0.15) is 0 Å². The number of unbranched alkanes of at least 4 members (excludes halogenated alkanes) is 1. The smallest absolute Gasteiger partial charge is 0.261 e. The number of hydrogen-bond donors (Lipinski definition) is 3. The maximum absolute atomic E-state index is 11.9. The Kier molecular flexibility index (Phi) is 7.82. The molecule has 0 unspecified atom stereocenters. The zero-order valence-corrected chi connectivity index (χ0v) is 15.5. The summed E-state index contributed by atoms with van der Waals surface area (Å²) in [6.45, 7) is 1.83. The van der Waals surface area contributed by atoms with Gasteiger partial charge in [-0.1, -0.05) is 31.5 Å². The minimum absolute atomic E-state index is 0.148. The fourth-order valence-corrected chi connectivity index (χ4v) is 2.88. The van der Waals surface area contributed by atoms with E-state index in [0.717, 1.165) is 19.3 Å². The number of rotatable bonds is 9. The van der Waals surface area contributed by atoms with Gasteiger partial charge in [0.1, 0.15) is 0 Å². The fourth-order valence-electron chi connectivity index (χ4n) is 2.24. The molecular weight excluding hydrogens is 350 g/mol. The number of anilines is 1. The van der Waals surface area contributed by atoms with Gasteiger partial charge in [0.25, 0.3) is 5.91 Å². The first kappa shape index (κ1) is 19.7. The van der Waals surface area contributed by atoms with Crippen molar-refractivity contribution in [1.29, 1.82) is 0 Å². The van der Waals surface area contributed by atoms with E-state index in [9.17, 15) is 14.4 Å². The third-order valence-electron chi connectivity index (χ3n) is 3.66. The second-order valence-corrected chi connectivity index (χ2v) is 6.73. The van der Waals surface area contributed by atoms with Crippen LogP contribution in [0.1, 0.15) is 35.0 Å². The van der Waals surface area contributed by atoms with Gasteiger partial charge in [0, 0.05) is 5.69 Å². The number of nitrogens with one attached hydrogen (secondary N) is 3. The number of carbonyl (C=O) groups is 3. The molecule has 0 spiro atoms. The van der Waals surface area contributed by atoms with Crippen LogP contribution in [-0.4, -0.2) is 30.8 Å². The second kappa shape index (κ2) is 10.4. The summed E-state index contributed by atoms with van der Waals surface area (Å²) in [7, 11) is 0. The molecule has 26 heavy (non-hydrogen) atoms. The summed E-state index contributed by atoms with van der Waals surface area (Å²) >= 11 is 1.30. The zero-order chi connectivity index (χ0) is 18.8. The second-order valence-electron chi connectivity index (χ2n) is 5.79. The Labute approximate surface area is 157 Å². The summed E-state index contributed by atoms with van der Waals surface area (Å²) in [6, 6.07) is 11.1. The van der Waals surface area contributed by atoms with Gasteiger partial charge in [-0.15, -0.1) is 11.3 Å². The van der Waals surface area contributed by atoms with E-state index in [1.165, 1.54) is 16.9 Å². The number of carbonyl (C=O) groups excluding carboxylic acids is 3. The summed E-state index contributed by atoms with van der Waals surface area (Å²) in [5, 5.41) is 9.51. The third kappa shape index (κ3) is 6.68. The largest absolute Gasteiger partial charge is 0.345 e. The molecule has 1 aromatic heterocycles. The van der Waals surface area contributed by atoms with Crippen molar-refractivity contribution in [2.45, 2.75) is 26.2 Å². The molecule has 3 amide bonds. The molecule has 0 bridgehead atoms. The molecule has 0 aliphatic carbocycles. The van der Waals surface area contributed by atoms with Crippen LogP contribution in [0, 0.1) is 0 Å². The maximum Gasteiger partial charge on any atom is 0.261 e. The average Bonchev–Trinajstić information content (AvgIpc) is 3.18.